The van der Waals surface area contributed by atoms with Crippen molar-refractivity contribution >= 4 is 33.4 Å². The Kier molecular flexibility index (Phi) is 4.79. The van der Waals surface area contributed by atoms with Gasteiger partial charge in [-0.15, -0.1) is 0 Å². The van der Waals surface area contributed by atoms with Crippen molar-refractivity contribution in [3.63, 3.8) is 0 Å². The molecule has 1 aromatic rings. The van der Waals surface area contributed by atoms with Gasteiger partial charge in [0.15, 0.2) is 0 Å². The van der Waals surface area contributed by atoms with Gasteiger partial charge >= 0.3 is 5.51 Å². The Morgan fingerprint density at radius 2 is 2.07 bits per heavy atom. The fourth-order valence-electron chi connectivity index (χ4n) is 0.961. The lowest BCUT2D eigenvalue weighted by Crippen LogP contribution is -2.09. The van der Waals surface area contributed by atoms with Gasteiger partial charge in [0.1, 0.15) is 0 Å². The number of hydrogen-bond donors (Lipinski definition) is 1. The van der Waals surface area contributed by atoms with E-state index in [-0.39, 0.29) is 17.5 Å². The molecule has 0 radical (unpaired) electrons. The Morgan fingerprint density at radius 1 is 1.33 bits per heavy atom. The molecule has 1 nitrogen and oxygen atoms in total. The van der Waals surface area contributed by atoms with Crippen molar-refractivity contribution in [2.75, 3.05) is 17.6 Å². The van der Waals surface area contributed by atoms with Crippen LogP contribution in [0.25, 0.3) is 0 Å². The third-order valence-corrected chi connectivity index (χ3v) is 2.75. The van der Waals surface area contributed by atoms with Crippen LogP contribution in [0.3, 0.4) is 0 Å². The molecule has 0 aliphatic carbocycles. The molecule has 1 N–H and O–H groups in total. The van der Waals surface area contributed by atoms with Gasteiger partial charge in [0.2, 0.25) is 0 Å². The van der Waals surface area contributed by atoms with Crippen LogP contribution in [0, 0.1) is 0 Å². The molecule has 0 atom stereocenters. The first-order chi connectivity index (χ1) is 6.97. The summed E-state index contributed by atoms with van der Waals surface area (Å²) in [5.74, 6) is 0.00993. The number of alkyl halides is 3. The van der Waals surface area contributed by atoms with Crippen LogP contribution in [0.2, 0.25) is 0 Å². The molecule has 0 saturated carbocycles. The zero-order valence-electron chi connectivity index (χ0n) is 7.64. The standard InChI is InChI=1S/C9H9BrF3NS/c10-7-2-1-3-8(6-7)14-4-5-15-9(11,12)13/h1-3,6,14H,4-5H2. The fraction of sp³-hybridized carbons (Fsp3) is 0.333. The van der Waals surface area contributed by atoms with Gasteiger partial charge in [-0.05, 0) is 30.0 Å². The number of thioether (sulfide) groups is 1. The number of anilines is 1. The zero-order valence-corrected chi connectivity index (χ0v) is 10.0. The topological polar surface area (TPSA) is 12.0 Å². The third-order valence-electron chi connectivity index (χ3n) is 1.52. The summed E-state index contributed by atoms with van der Waals surface area (Å²) < 4.78 is 36.2. The van der Waals surface area contributed by atoms with Crippen molar-refractivity contribution in [2.24, 2.45) is 0 Å². The van der Waals surface area contributed by atoms with Crippen molar-refractivity contribution < 1.29 is 13.2 Å². The predicted octanol–water partition coefficient (Wildman–Crippen LogP) is 4.11. The third kappa shape index (κ3) is 5.94. The predicted molar refractivity (Wildman–Crippen MR) is 61.1 cm³/mol. The summed E-state index contributed by atoms with van der Waals surface area (Å²) >= 11 is 3.26. The van der Waals surface area contributed by atoms with Crippen molar-refractivity contribution in [3.05, 3.63) is 28.7 Å². The van der Waals surface area contributed by atoms with Gasteiger partial charge in [-0.1, -0.05) is 22.0 Å². The van der Waals surface area contributed by atoms with Gasteiger partial charge in [0.05, 0.1) is 0 Å². The summed E-state index contributed by atoms with van der Waals surface area (Å²) in [5, 5.41) is 2.91. The highest BCUT2D eigenvalue weighted by atomic mass is 79.9. The van der Waals surface area contributed by atoms with Crippen molar-refractivity contribution in [2.45, 2.75) is 5.51 Å². The molecule has 0 amide bonds. The van der Waals surface area contributed by atoms with Crippen LogP contribution in [0.4, 0.5) is 18.9 Å². The van der Waals surface area contributed by atoms with Crippen LogP contribution in [0.15, 0.2) is 28.7 Å². The zero-order chi connectivity index (χ0) is 11.3. The lowest BCUT2D eigenvalue weighted by atomic mass is 10.3. The SMILES string of the molecule is FC(F)(F)SCCNc1cccc(Br)c1. The van der Waals surface area contributed by atoms with Crippen LogP contribution >= 0.6 is 27.7 Å². The minimum atomic E-state index is -4.14. The number of rotatable bonds is 4. The first-order valence-corrected chi connectivity index (χ1v) is 5.95. The summed E-state index contributed by atoms with van der Waals surface area (Å²) in [6, 6.07) is 7.31. The molecule has 1 rings (SSSR count). The molecule has 0 aliphatic rings. The molecule has 0 spiro atoms. The molecular weight excluding hydrogens is 291 g/mol. The molecule has 0 unspecified atom stereocenters. The summed E-state index contributed by atoms with van der Waals surface area (Å²) in [5.41, 5.74) is -3.33. The van der Waals surface area contributed by atoms with Gasteiger partial charge in [0, 0.05) is 22.5 Å². The first-order valence-electron chi connectivity index (χ1n) is 4.17. The summed E-state index contributed by atoms with van der Waals surface area (Å²) in [4.78, 5) is 0. The number of benzene rings is 1. The van der Waals surface area contributed by atoms with E-state index in [1.807, 2.05) is 24.3 Å². The van der Waals surface area contributed by atoms with Crippen LogP contribution in [-0.4, -0.2) is 17.8 Å². The van der Waals surface area contributed by atoms with Crippen molar-refractivity contribution in [1.29, 1.82) is 0 Å². The van der Waals surface area contributed by atoms with Crippen molar-refractivity contribution in [1.82, 2.24) is 0 Å². The van der Waals surface area contributed by atoms with Crippen LogP contribution in [0.1, 0.15) is 0 Å². The maximum Gasteiger partial charge on any atom is 0.441 e. The normalized spacial score (nSPS) is 11.5. The van der Waals surface area contributed by atoms with E-state index in [9.17, 15) is 13.2 Å². The average Bonchev–Trinajstić information content (AvgIpc) is 2.11. The molecule has 0 heterocycles. The van der Waals surface area contributed by atoms with E-state index in [0.717, 1.165) is 10.2 Å². The maximum absolute atomic E-state index is 11.8. The first kappa shape index (κ1) is 12.7. The van der Waals surface area contributed by atoms with Crippen molar-refractivity contribution in [3.8, 4) is 0 Å². The maximum atomic E-state index is 11.8. The Balaban J connectivity index is 2.26. The Bertz CT molecular complexity index is 316. The van der Waals surface area contributed by atoms with Gasteiger partial charge in [-0.2, -0.15) is 13.2 Å². The summed E-state index contributed by atoms with van der Waals surface area (Å²) in [7, 11) is 0. The second-order valence-electron chi connectivity index (χ2n) is 2.73. The smallest absolute Gasteiger partial charge is 0.384 e. The van der Waals surface area contributed by atoms with E-state index < -0.39 is 5.51 Å². The highest BCUT2D eigenvalue weighted by Gasteiger charge is 2.27. The van der Waals surface area contributed by atoms with E-state index in [2.05, 4.69) is 21.2 Å². The molecule has 84 valence electrons. The van der Waals surface area contributed by atoms with E-state index in [0.29, 0.717) is 6.54 Å². The van der Waals surface area contributed by atoms with Gasteiger partial charge in [-0.3, -0.25) is 0 Å². The quantitative estimate of drug-likeness (QED) is 0.840. The Morgan fingerprint density at radius 3 is 2.67 bits per heavy atom. The minimum Gasteiger partial charge on any atom is -0.384 e. The molecule has 0 aromatic heterocycles. The molecule has 0 aliphatic heterocycles. The highest BCUT2D eigenvalue weighted by molar-refractivity contribution is 9.10. The molecule has 6 heteroatoms. The molecule has 1 aromatic carbocycles. The molecule has 15 heavy (non-hydrogen) atoms. The number of halogens is 4. The second kappa shape index (κ2) is 5.65. The van der Waals surface area contributed by atoms with Crippen LogP contribution in [0.5, 0.6) is 0 Å². The molecule has 0 saturated heterocycles. The second-order valence-corrected chi connectivity index (χ2v) is 4.81. The summed E-state index contributed by atoms with van der Waals surface area (Å²) in [6.07, 6.45) is 0. The van der Waals surface area contributed by atoms with Gasteiger partial charge in [-0.25, -0.2) is 0 Å². The Hall–Kier alpha value is -0.360. The lowest BCUT2D eigenvalue weighted by Gasteiger charge is -2.08. The van der Waals surface area contributed by atoms with Gasteiger partial charge < -0.3 is 5.32 Å². The van der Waals surface area contributed by atoms with Crippen LogP contribution < -0.4 is 5.32 Å². The molecule has 0 bridgehead atoms. The van der Waals surface area contributed by atoms with Gasteiger partial charge in [0.25, 0.3) is 0 Å². The highest BCUT2D eigenvalue weighted by Crippen LogP contribution is 2.29. The minimum absolute atomic E-state index is 0.00993. The lowest BCUT2D eigenvalue weighted by molar-refractivity contribution is -0.0327. The Labute approximate surface area is 98.6 Å². The summed E-state index contributed by atoms with van der Waals surface area (Å²) in [6.45, 7) is 0.292. The molecule has 0 fully saturated rings. The molecular formula is C9H9BrF3NS. The monoisotopic (exact) mass is 299 g/mol. The number of hydrogen-bond acceptors (Lipinski definition) is 2. The van der Waals surface area contributed by atoms with E-state index >= 15 is 0 Å². The average molecular weight is 300 g/mol. The number of nitrogens with one attached hydrogen (secondary N) is 1. The van der Waals surface area contributed by atoms with E-state index in [1.54, 1.807) is 0 Å². The fourth-order valence-corrected chi connectivity index (χ4v) is 1.80. The van der Waals surface area contributed by atoms with E-state index in [1.165, 1.54) is 0 Å². The largest absolute Gasteiger partial charge is 0.441 e. The van der Waals surface area contributed by atoms with E-state index in [4.69, 9.17) is 0 Å². The van der Waals surface area contributed by atoms with Crippen LogP contribution in [-0.2, 0) is 0 Å².